The van der Waals surface area contributed by atoms with E-state index in [1.54, 1.807) is 29.6 Å². The Balaban J connectivity index is 1.37. The van der Waals surface area contributed by atoms with Crippen LogP contribution in [0.15, 0.2) is 36.8 Å². The number of pyridine rings is 1. The average Bonchev–Trinajstić information content (AvgIpc) is 3.51. The van der Waals surface area contributed by atoms with Crippen molar-refractivity contribution >= 4 is 34.5 Å². The molecule has 2 aliphatic rings. The predicted octanol–water partition coefficient (Wildman–Crippen LogP) is 3.54. The van der Waals surface area contributed by atoms with Gasteiger partial charge in [-0.2, -0.15) is 0 Å². The lowest BCUT2D eigenvalue weighted by atomic mass is 10.0. The summed E-state index contributed by atoms with van der Waals surface area (Å²) in [5.41, 5.74) is 4.53. The third kappa shape index (κ3) is 3.20. The number of aromatic nitrogens is 3. The van der Waals surface area contributed by atoms with Gasteiger partial charge in [0.05, 0.1) is 24.7 Å². The molecule has 29 heavy (non-hydrogen) atoms. The Kier molecular flexibility index (Phi) is 4.19. The largest absolute Gasteiger partial charge is 0.452 e. The number of carbonyl (C=O) groups excluding carboxylic acids is 2. The number of carbonyl (C=O) groups is 2. The molecule has 8 nitrogen and oxygen atoms in total. The molecule has 2 aromatic heterocycles. The molecule has 1 N–H and O–H groups in total. The summed E-state index contributed by atoms with van der Waals surface area (Å²) in [6, 6.07) is 7.82. The van der Waals surface area contributed by atoms with Crippen LogP contribution in [0.25, 0.3) is 11.2 Å². The van der Waals surface area contributed by atoms with Crippen molar-refractivity contribution in [2.24, 2.45) is 0 Å². The molecule has 0 radical (unpaired) electrons. The third-order valence-electron chi connectivity index (χ3n) is 5.47. The number of nitrogens with zero attached hydrogens (tertiary/aromatic N) is 4. The van der Waals surface area contributed by atoms with Gasteiger partial charge in [0.1, 0.15) is 5.52 Å². The number of ether oxygens (including phenoxy) is 1. The molecule has 148 valence electrons. The van der Waals surface area contributed by atoms with E-state index in [0.717, 1.165) is 48.1 Å². The van der Waals surface area contributed by atoms with Crippen LogP contribution in [0.1, 0.15) is 41.2 Å². The Morgan fingerprint density at radius 3 is 2.86 bits per heavy atom. The SMILES string of the molecule is COC(=O)N1CCCc2cc(NC(=O)c3cnc4c(c3)ncn4C3CC3)ccc21. The molecule has 5 rings (SSSR count). The van der Waals surface area contributed by atoms with Crippen LogP contribution < -0.4 is 10.2 Å². The maximum Gasteiger partial charge on any atom is 0.414 e. The van der Waals surface area contributed by atoms with Crippen molar-refractivity contribution in [3.8, 4) is 0 Å². The molecule has 2 amide bonds. The number of imidazole rings is 1. The van der Waals surface area contributed by atoms with E-state index >= 15 is 0 Å². The molecule has 0 unspecified atom stereocenters. The van der Waals surface area contributed by atoms with Gasteiger partial charge in [-0.15, -0.1) is 0 Å². The first-order valence-corrected chi connectivity index (χ1v) is 9.76. The summed E-state index contributed by atoms with van der Waals surface area (Å²) in [7, 11) is 1.38. The molecule has 0 atom stereocenters. The minimum Gasteiger partial charge on any atom is -0.452 e. The predicted molar refractivity (Wildman–Crippen MR) is 108 cm³/mol. The lowest BCUT2D eigenvalue weighted by Crippen LogP contribution is -2.35. The van der Waals surface area contributed by atoms with Crippen LogP contribution in [0.4, 0.5) is 16.2 Å². The molecule has 1 saturated carbocycles. The molecule has 0 bridgehead atoms. The van der Waals surface area contributed by atoms with E-state index in [1.807, 2.05) is 12.1 Å². The summed E-state index contributed by atoms with van der Waals surface area (Å²) in [4.78, 5) is 35.1. The summed E-state index contributed by atoms with van der Waals surface area (Å²) in [5, 5.41) is 2.92. The summed E-state index contributed by atoms with van der Waals surface area (Å²) in [6.45, 7) is 0.630. The van der Waals surface area contributed by atoms with E-state index in [1.165, 1.54) is 7.11 Å². The van der Waals surface area contributed by atoms with Gasteiger partial charge < -0.3 is 14.6 Å². The number of aryl methyl sites for hydroxylation is 1. The number of hydrogen-bond donors (Lipinski definition) is 1. The van der Waals surface area contributed by atoms with E-state index in [9.17, 15) is 9.59 Å². The second-order valence-electron chi connectivity index (χ2n) is 7.47. The van der Waals surface area contributed by atoms with Crippen molar-refractivity contribution in [2.75, 3.05) is 23.9 Å². The van der Waals surface area contributed by atoms with Crippen LogP contribution in [-0.4, -0.2) is 40.2 Å². The number of anilines is 2. The van der Waals surface area contributed by atoms with E-state index in [0.29, 0.717) is 23.8 Å². The average molecular weight is 391 g/mol. The van der Waals surface area contributed by atoms with E-state index in [2.05, 4.69) is 19.9 Å². The minimum atomic E-state index is -0.368. The fourth-order valence-corrected chi connectivity index (χ4v) is 3.84. The van der Waals surface area contributed by atoms with Crippen molar-refractivity contribution in [1.29, 1.82) is 0 Å². The molecule has 1 aliphatic carbocycles. The highest BCUT2D eigenvalue weighted by molar-refractivity contribution is 6.05. The first-order valence-electron chi connectivity index (χ1n) is 9.76. The lowest BCUT2D eigenvalue weighted by molar-refractivity contribution is 0.102. The van der Waals surface area contributed by atoms with Crippen LogP contribution in [0, 0.1) is 0 Å². The van der Waals surface area contributed by atoms with Crippen LogP contribution in [0.3, 0.4) is 0 Å². The van der Waals surface area contributed by atoms with E-state index in [-0.39, 0.29) is 12.0 Å². The molecule has 1 fully saturated rings. The monoisotopic (exact) mass is 391 g/mol. The lowest BCUT2D eigenvalue weighted by Gasteiger charge is -2.28. The quantitative estimate of drug-likeness (QED) is 0.738. The third-order valence-corrected chi connectivity index (χ3v) is 5.47. The van der Waals surface area contributed by atoms with Gasteiger partial charge in [-0.05, 0) is 55.5 Å². The van der Waals surface area contributed by atoms with Crippen molar-refractivity contribution < 1.29 is 14.3 Å². The highest BCUT2D eigenvalue weighted by Crippen LogP contribution is 2.36. The molecule has 3 aromatic rings. The number of rotatable bonds is 3. The van der Waals surface area contributed by atoms with Gasteiger partial charge in [0.25, 0.3) is 5.91 Å². The van der Waals surface area contributed by atoms with Crippen molar-refractivity contribution in [1.82, 2.24) is 14.5 Å². The first kappa shape index (κ1) is 17.7. The zero-order valence-electron chi connectivity index (χ0n) is 16.1. The minimum absolute atomic E-state index is 0.235. The standard InChI is InChI=1S/C21H21N5O3/c1-29-21(28)25-8-2-3-13-9-15(4-7-18(13)25)24-20(27)14-10-17-19(22-11-14)26(12-23-17)16-5-6-16/h4,7,9-12,16H,2-3,5-6,8H2,1H3,(H,24,27). The van der Waals surface area contributed by atoms with Gasteiger partial charge in [0.15, 0.2) is 5.65 Å². The van der Waals surface area contributed by atoms with Gasteiger partial charge in [0, 0.05) is 24.5 Å². The molecule has 1 aromatic carbocycles. The van der Waals surface area contributed by atoms with Crippen LogP contribution in [0.5, 0.6) is 0 Å². The zero-order valence-corrected chi connectivity index (χ0v) is 16.1. The Morgan fingerprint density at radius 1 is 1.21 bits per heavy atom. The summed E-state index contributed by atoms with van der Waals surface area (Å²) in [6.07, 6.45) is 7.03. The van der Waals surface area contributed by atoms with Crippen LogP contribution >= 0.6 is 0 Å². The smallest absolute Gasteiger partial charge is 0.414 e. The van der Waals surface area contributed by atoms with Gasteiger partial charge in [0.2, 0.25) is 0 Å². The Hall–Kier alpha value is -3.42. The van der Waals surface area contributed by atoms with Gasteiger partial charge in [-0.1, -0.05) is 0 Å². The normalized spacial score (nSPS) is 15.8. The van der Waals surface area contributed by atoms with E-state index < -0.39 is 0 Å². The molecule has 0 saturated heterocycles. The second kappa shape index (κ2) is 6.88. The van der Waals surface area contributed by atoms with Gasteiger partial charge >= 0.3 is 6.09 Å². The van der Waals surface area contributed by atoms with Gasteiger partial charge in [-0.25, -0.2) is 14.8 Å². The number of methoxy groups -OCH3 is 1. The first-order chi connectivity index (χ1) is 14.1. The fourth-order valence-electron chi connectivity index (χ4n) is 3.84. The summed E-state index contributed by atoms with van der Waals surface area (Å²) in [5.74, 6) is -0.235. The summed E-state index contributed by atoms with van der Waals surface area (Å²) < 4.78 is 6.93. The van der Waals surface area contributed by atoms with Crippen molar-refractivity contribution in [3.63, 3.8) is 0 Å². The van der Waals surface area contributed by atoms with Gasteiger partial charge in [-0.3, -0.25) is 9.69 Å². The number of benzene rings is 1. The fraction of sp³-hybridized carbons (Fsp3) is 0.333. The maximum atomic E-state index is 12.7. The molecule has 1 aliphatic heterocycles. The molecule has 0 spiro atoms. The second-order valence-corrected chi connectivity index (χ2v) is 7.47. The summed E-state index contributed by atoms with van der Waals surface area (Å²) >= 11 is 0. The number of fused-ring (bicyclic) bond motifs is 2. The molecular weight excluding hydrogens is 370 g/mol. The van der Waals surface area contributed by atoms with Crippen LogP contribution in [0.2, 0.25) is 0 Å². The number of nitrogens with one attached hydrogen (secondary N) is 1. The van der Waals surface area contributed by atoms with Crippen molar-refractivity contribution in [3.05, 3.63) is 47.9 Å². The number of hydrogen-bond acceptors (Lipinski definition) is 5. The number of amides is 2. The Bertz CT molecular complexity index is 1120. The highest BCUT2D eigenvalue weighted by atomic mass is 16.5. The zero-order chi connectivity index (χ0) is 20.0. The topological polar surface area (TPSA) is 89.3 Å². The van der Waals surface area contributed by atoms with Crippen molar-refractivity contribution in [2.45, 2.75) is 31.7 Å². The van der Waals surface area contributed by atoms with E-state index in [4.69, 9.17) is 4.74 Å². The Morgan fingerprint density at radius 2 is 2.07 bits per heavy atom. The Labute approximate surface area is 167 Å². The highest BCUT2D eigenvalue weighted by Gasteiger charge is 2.26. The maximum absolute atomic E-state index is 12.7. The van der Waals surface area contributed by atoms with Crippen LogP contribution in [-0.2, 0) is 11.2 Å². The molecule has 3 heterocycles. The molecule has 8 heteroatoms. The molecular formula is C21H21N5O3.